The van der Waals surface area contributed by atoms with Gasteiger partial charge in [-0.25, -0.2) is 4.68 Å². The van der Waals surface area contributed by atoms with Gasteiger partial charge in [0.1, 0.15) is 10.7 Å². The molecular weight excluding hydrogens is 258 g/mol. The number of ether oxygens (including phenoxy) is 1. The highest BCUT2D eigenvalue weighted by molar-refractivity contribution is 7.80. The van der Waals surface area contributed by atoms with Crippen LogP contribution in [0.4, 0.5) is 0 Å². The molecule has 98 valence electrons. The highest BCUT2D eigenvalue weighted by atomic mass is 32.1. The van der Waals surface area contributed by atoms with Gasteiger partial charge in [0.05, 0.1) is 18.5 Å². The predicted molar refractivity (Wildman–Crippen MR) is 78.0 cm³/mol. The molecule has 1 fully saturated rings. The summed E-state index contributed by atoms with van der Waals surface area (Å²) in [4.78, 5) is 0.362. The predicted octanol–water partition coefficient (Wildman–Crippen LogP) is 2.39. The number of nitrogens with two attached hydrogens (primary N) is 1. The van der Waals surface area contributed by atoms with Crippen molar-refractivity contribution in [2.75, 3.05) is 7.11 Å². The van der Waals surface area contributed by atoms with Gasteiger partial charge in [-0.1, -0.05) is 12.2 Å². The molecular formula is C14H15N3OS. The molecule has 1 saturated carbocycles. The van der Waals surface area contributed by atoms with Crippen LogP contribution in [0.25, 0.3) is 5.69 Å². The largest absolute Gasteiger partial charge is 0.497 e. The van der Waals surface area contributed by atoms with Crippen LogP contribution in [0, 0.1) is 0 Å². The van der Waals surface area contributed by atoms with E-state index >= 15 is 0 Å². The molecule has 0 aliphatic heterocycles. The SMILES string of the molecule is COc1ccc(C(N)=S)c(-n2ccc(C3CC3)n2)c1. The summed E-state index contributed by atoms with van der Waals surface area (Å²) in [5.41, 5.74) is 8.57. The molecule has 4 nitrogen and oxygen atoms in total. The Bertz CT molecular complexity index is 631. The fraction of sp³-hybridized carbons (Fsp3) is 0.286. The van der Waals surface area contributed by atoms with E-state index in [0.29, 0.717) is 10.9 Å². The molecule has 2 aromatic rings. The maximum absolute atomic E-state index is 5.77. The van der Waals surface area contributed by atoms with Crippen molar-refractivity contribution in [3.05, 3.63) is 41.7 Å². The van der Waals surface area contributed by atoms with Gasteiger partial charge in [0, 0.05) is 23.7 Å². The summed E-state index contributed by atoms with van der Waals surface area (Å²) in [6.07, 6.45) is 4.42. The van der Waals surface area contributed by atoms with Gasteiger partial charge >= 0.3 is 0 Å². The average molecular weight is 273 g/mol. The van der Waals surface area contributed by atoms with Crippen LogP contribution in [0.1, 0.15) is 30.0 Å². The molecule has 19 heavy (non-hydrogen) atoms. The van der Waals surface area contributed by atoms with Crippen LogP contribution >= 0.6 is 12.2 Å². The number of hydrogen-bond acceptors (Lipinski definition) is 3. The Balaban J connectivity index is 2.06. The van der Waals surface area contributed by atoms with E-state index in [9.17, 15) is 0 Å². The first-order valence-electron chi connectivity index (χ1n) is 6.23. The molecule has 0 atom stereocenters. The summed E-state index contributed by atoms with van der Waals surface area (Å²) in [5, 5.41) is 4.61. The van der Waals surface area contributed by atoms with Crippen molar-refractivity contribution in [2.45, 2.75) is 18.8 Å². The fourth-order valence-electron chi connectivity index (χ4n) is 2.11. The van der Waals surface area contributed by atoms with Crippen molar-refractivity contribution in [1.82, 2.24) is 9.78 Å². The minimum absolute atomic E-state index is 0.362. The first kappa shape index (κ1) is 12.2. The number of aromatic nitrogens is 2. The molecule has 0 bridgehead atoms. The number of rotatable bonds is 4. The van der Waals surface area contributed by atoms with E-state index < -0.39 is 0 Å². The van der Waals surface area contributed by atoms with Crippen molar-refractivity contribution < 1.29 is 4.74 Å². The smallest absolute Gasteiger partial charge is 0.121 e. The Kier molecular flexibility index (Phi) is 2.98. The molecule has 0 saturated heterocycles. The summed E-state index contributed by atoms with van der Waals surface area (Å²) in [5.74, 6) is 1.39. The van der Waals surface area contributed by atoms with Crippen LogP contribution in [0.15, 0.2) is 30.5 Å². The lowest BCUT2D eigenvalue weighted by atomic mass is 10.1. The van der Waals surface area contributed by atoms with Gasteiger partial charge in [0.2, 0.25) is 0 Å². The van der Waals surface area contributed by atoms with Crippen LogP contribution in [-0.2, 0) is 0 Å². The molecule has 1 heterocycles. The third kappa shape index (κ3) is 2.33. The lowest BCUT2D eigenvalue weighted by Gasteiger charge is -2.10. The summed E-state index contributed by atoms with van der Waals surface area (Å²) < 4.78 is 7.08. The Morgan fingerprint density at radius 3 is 2.84 bits per heavy atom. The molecule has 0 amide bonds. The molecule has 0 radical (unpaired) electrons. The number of hydrogen-bond donors (Lipinski definition) is 1. The fourth-order valence-corrected chi connectivity index (χ4v) is 2.28. The van der Waals surface area contributed by atoms with Gasteiger partial charge < -0.3 is 10.5 Å². The first-order chi connectivity index (χ1) is 9.19. The summed E-state index contributed by atoms with van der Waals surface area (Å²) in [7, 11) is 1.64. The maximum atomic E-state index is 5.77. The topological polar surface area (TPSA) is 53.1 Å². The van der Waals surface area contributed by atoms with Crippen LogP contribution in [0.2, 0.25) is 0 Å². The zero-order valence-electron chi connectivity index (χ0n) is 10.7. The zero-order valence-corrected chi connectivity index (χ0v) is 11.5. The van der Waals surface area contributed by atoms with Crippen molar-refractivity contribution in [2.24, 2.45) is 5.73 Å². The van der Waals surface area contributed by atoms with Gasteiger partial charge in [-0.3, -0.25) is 0 Å². The average Bonchev–Trinajstić information content (AvgIpc) is 3.15. The van der Waals surface area contributed by atoms with Crippen molar-refractivity contribution in [1.29, 1.82) is 0 Å². The molecule has 1 aliphatic rings. The van der Waals surface area contributed by atoms with Crippen LogP contribution in [0.5, 0.6) is 5.75 Å². The van der Waals surface area contributed by atoms with E-state index in [-0.39, 0.29) is 0 Å². The number of thiocarbonyl (C=S) groups is 1. The third-order valence-electron chi connectivity index (χ3n) is 3.32. The van der Waals surface area contributed by atoms with Crippen LogP contribution < -0.4 is 10.5 Å². The van der Waals surface area contributed by atoms with Crippen LogP contribution in [-0.4, -0.2) is 21.9 Å². The standard InChI is InChI=1S/C14H15N3OS/c1-18-10-4-5-11(14(15)19)13(8-10)17-7-6-12(16-17)9-2-3-9/h4-9H,2-3H2,1H3,(H2,15,19). The molecule has 0 unspecified atom stereocenters. The number of methoxy groups -OCH3 is 1. The molecule has 1 aromatic carbocycles. The second-order valence-corrected chi connectivity index (χ2v) is 5.15. The zero-order chi connectivity index (χ0) is 13.4. The minimum Gasteiger partial charge on any atom is -0.497 e. The van der Waals surface area contributed by atoms with Crippen LogP contribution in [0.3, 0.4) is 0 Å². The molecule has 1 aromatic heterocycles. The number of nitrogens with zero attached hydrogens (tertiary/aromatic N) is 2. The van der Waals surface area contributed by atoms with Gasteiger partial charge in [-0.15, -0.1) is 0 Å². The van der Waals surface area contributed by atoms with Gasteiger partial charge in [0.25, 0.3) is 0 Å². The number of benzene rings is 1. The van der Waals surface area contributed by atoms with E-state index in [0.717, 1.165) is 22.7 Å². The first-order valence-corrected chi connectivity index (χ1v) is 6.63. The Morgan fingerprint density at radius 1 is 1.42 bits per heavy atom. The Morgan fingerprint density at radius 2 is 2.21 bits per heavy atom. The van der Waals surface area contributed by atoms with Crippen molar-refractivity contribution in [3.63, 3.8) is 0 Å². The molecule has 2 N–H and O–H groups in total. The van der Waals surface area contributed by atoms with E-state index in [2.05, 4.69) is 11.2 Å². The Labute approximate surface area is 117 Å². The lowest BCUT2D eigenvalue weighted by molar-refractivity contribution is 0.414. The van der Waals surface area contributed by atoms with Crippen molar-refractivity contribution >= 4 is 17.2 Å². The van der Waals surface area contributed by atoms with E-state index in [1.807, 2.05) is 29.1 Å². The minimum atomic E-state index is 0.362. The highest BCUT2D eigenvalue weighted by Gasteiger charge is 2.26. The summed E-state index contributed by atoms with van der Waals surface area (Å²) in [6.45, 7) is 0. The monoisotopic (exact) mass is 273 g/mol. The van der Waals surface area contributed by atoms with E-state index in [1.54, 1.807) is 7.11 Å². The quantitative estimate of drug-likeness (QED) is 0.869. The Hall–Kier alpha value is -1.88. The maximum Gasteiger partial charge on any atom is 0.121 e. The molecule has 0 spiro atoms. The highest BCUT2D eigenvalue weighted by Crippen LogP contribution is 2.39. The summed E-state index contributed by atoms with van der Waals surface area (Å²) >= 11 is 5.10. The molecule has 5 heteroatoms. The molecule has 3 rings (SSSR count). The third-order valence-corrected chi connectivity index (χ3v) is 3.54. The van der Waals surface area contributed by atoms with Gasteiger partial charge in [0.15, 0.2) is 0 Å². The normalized spacial score (nSPS) is 14.4. The van der Waals surface area contributed by atoms with Crippen molar-refractivity contribution in [3.8, 4) is 11.4 Å². The second-order valence-electron chi connectivity index (χ2n) is 4.71. The lowest BCUT2D eigenvalue weighted by Crippen LogP contribution is -2.14. The summed E-state index contributed by atoms with van der Waals surface area (Å²) in [6, 6.07) is 7.68. The van der Waals surface area contributed by atoms with E-state index in [4.69, 9.17) is 22.7 Å². The van der Waals surface area contributed by atoms with Gasteiger partial charge in [-0.2, -0.15) is 5.10 Å². The second kappa shape index (κ2) is 4.66. The van der Waals surface area contributed by atoms with Gasteiger partial charge in [-0.05, 0) is 31.0 Å². The van der Waals surface area contributed by atoms with E-state index in [1.165, 1.54) is 12.8 Å². The molecule has 1 aliphatic carbocycles.